The van der Waals surface area contributed by atoms with Crippen LogP contribution in [0.5, 0.6) is 0 Å². The van der Waals surface area contributed by atoms with Crippen LogP contribution < -0.4 is 5.32 Å². The van der Waals surface area contributed by atoms with Gasteiger partial charge in [0.05, 0.1) is 16.4 Å². The van der Waals surface area contributed by atoms with Gasteiger partial charge in [-0.1, -0.05) is 25.4 Å². The third-order valence-electron chi connectivity index (χ3n) is 3.69. The van der Waals surface area contributed by atoms with Crippen LogP contribution in [0.1, 0.15) is 36.7 Å². The van der Waals surface area contributed by atoms with Crippen LogP contribution in [0.4, 0.5) is 4.39 Å². The Balaban J connectivity index is 2.40. The van der Waals surface area contributed by atoms with Crippen molar-refractivity contribution in [2.45, 2.75) is 33.6 Å². The Labute approximate surface area is 130 Å². The van der Waals surface area contributed by atoms with Crippen molar-refractivity contribution >= 4 is 11.6 Å². The molecule has 0 fully saturated rings. The topological polar surface area (TPSA) is 29.9 Å². The maximum Gasteiger partial charge on any atom is 0.143 e. The molecule has 0 saturated heterocycles. The number of hydrogen-bond acceptors (Lipinski definition) is 2. The van der Waals surface area contributed by atoms with E-state index in [0.717, 1.165) is 24.5 Å². The Morgan fingerprint density at radius 1 is 1.38 bits per heavy atom. The summed E-state index contributed by atoms with van der Waals surface area (Å²) in [5.41, 5.74) is 3.93. The van der Waals surface area contributed by atoms with Crippen LogP contribution in [0.15, 0.2) is 18.2 Å². The van der Waals surface area contributed by atoms with Gasteiger partial charge < -0.3 is 5.32 Å². The van der Waals surface area contributed by atoms with E-state index in [1.165, 1.54) is 11.6 Å². The van der Waals surface area contributed by atoms with Crippen molar-refractivity contribution in [3.63, 3.8) is 0 Å². The lowest BCUT2D eigenvalue weighted by molar-refractivity contribution is 0.624. The lowest BCUT2D eigenvalue weighted by atomic mass is 9.99. The first kappa shape index (κ1) is 16.0. The SMILES string of the molecule is CCNCC(C)c1c(C)nn(-c2ccc(Cl)c(F)c2)c1C. The zero-order valence-corrected chi connectivity index (χ0v) is 13.6. The van der Waals surface area contributed by atoms with Crippen molar-refractivity contribution < 1.29 is 4.39 Å². The highest BCUT2D eigenvalue weighted by Crippen LogP contribution is 2.26. The first-order chi connectivity index (χ1) is 9.95. The molecular formula is C16H21ClFN3. The summed E-state index contributed by atoms with van der Waals surface area (Å²) < 4.78 is 15.4. The largest absolute Gasteiger partial charge is 0.316 e. The lowest BCUT2D eigenvalue weighted by Crippen LogP contribution is -2.20. The summed E-state index contributed by atoms with van der Waals surface area (Å²) in [6.07, 6.45) is 0. The second-order valence-electron chi connectivity index (χ2n) is 5.30. The van der Waals surface area contributed by atoms with Gasteiger partial charge in [0.25, 0.3) is 0 Å². The average Bonchev–Trinajstić information content (AvgIpc) is 2.74. The number of aryl methyl sites for hydroxylation is 1. The smallest absolute Gasteiger partial charge is 0.143 e. The predicted octanol–water partition coefficient (Wildman–Crippen LogP) is 3.99. The Morgan fingerprint density at radius 3 is 2.71 bits per heavy atom. The van der Waals surface area contributed by atoms with Gasteiger partial charge in [0.15, 0.2) is 0 Å². The molecule has 1 unspecified atom stereocenters. The van der Waals surface area contributed by atoms with Crippen LogP contribution in [0.3, 0.4) is 0 Å². The first-order valence-electron chi connectivity index (χ1n) is 7.18. The molecule has 0 aliphatic rings. The molecule has 0 amide bonds. The summed E-state index contributed by atoms with van der Waals surface area (Å²) >= 11 is 5.74. The highest BCUT2D eigenvalue weighted by molar-refractivity contribution is 6.30. The molecule has 114 valence electrons. The van der Waals surface area contributed by atoms with Crippen LogP contribution in [-0.4, -0.2) is 22.9 Å². The third kappa shape index (κ3) is 3.27. The normalized spacial score (nSPS) is 12.7. The molecule has 2 rings (SSSR count). The molecule has 3 nitrogen and oxygen atoms in total. The third-order valence-corrected chi connectivity index (χ3v) is 3.99. The van der Waals surface area contributed by atoms with Crippen molar-refractivity contribution in [1.29, 1.82) is 0 Å². The van der Waals surface area contributed by atoms with Gasteiger partial charge in [-0.05, 0) is 38.4 Å². The van der Waals surface area contributed by atoms with E-state index in [1.807, 2.05) is 13.8 Å². The van der Waals surface area contributed by atoms with Crippen LogP contribution in [0, 0.1) is 19.7 Å². The van der Waals surface area contributed by atoms with Gasteiger partial charge >= 0.3 is 0 Å². The van der Waals surface area contributed by atoms with Crippen LogP contribution in [-0.2, 0) is 0 Å². The van der Waals surface area contributed by atoms with E-state index in [-0.39, 0.29) is 5.02 Å². The molecule has 0 aliphatic heterocycles. The average molecular weight is 310 g/mol. The van der Waals surface area contributed by atoms with Crippen molar-refractivity contribution in [2.24, 2.45) is 0 Å². The molecule has 0 spiro atoms. The van der Waals surface area contributed by atoms with Crippen molar-refractivity contribution in [3.05, 3.63) is 46.0 Å². The fourth-order valence-corrected chi connectivity index (χ4v) is 2.82. The monoisotopic (exact) mass is 309 g/mol. The Bertz CT molecular complexity index is 637. The summed E-state index contributed by atoms with van der Waals surface area (Å²) in [4.78, 5) is 0. The number of rotatable bonds is 5. The van der Waals surface area contributed by atoms with Crippen molar-refractivity contribution in [2.75, 3.05) is 13.1 Å². The standard InChI is InChI=1S/C16H21ClFN3/c1-5-19-9-10(2)16-11(3)20-21(12(16)4)13-6-7-14(17)15(18)8-13/h6-8,10,19H,5,9H2,1-4H3. The summed E-state index contributed by atoms with van der Waals surface area (Å²) in [6, 6.07) is 4.76. The molecule has 1 atom stereocenters. The van der Waals surface area contributed by atoms with Crippen molar-refractivity contribution in [3.8, 4) is 5.69 Å². The van der Waals surface area contributed by atoms with E-state index in [9.17, 15) is 4.39 Å². The lowest BCUT2D eigenvalue weighted by Gasteiger charge is -2.13. The second-order valence-corrected chi connectivity index (χ2v) is 5.71. The molecule has 21 heavy (non-hydrogen) atoms. The van der Waals surface area contributed by atoms with Gasteiger partial charge in [0, 0.05) is 23.9 Å². The quantitative estimate of drug-likeness (QED) is 0.905. The van der Waals surface area contributed by atoms with Crippen LogP contribution >= 0.6 is 11.6 Å². The Hall–Kier alpha value is -1.39. The van der Waals surface area contributed by atoms with Gasteiger partial charge in [-0.2, -0.15) is 5.10 Å². The van der Waals surface area contributed by atoms with E-state index < -0.39 is 5.82 Å². The van der Waals surface area contributed by atoms with Crippen molar-refractivity contribution in [1.82, 2.24) is 15.1 Å². The fraction of sp³-hybridized carbons (Fsp3) is 0.438. The van der Waals surface area contributed by atoms with E-state index in [2.05, 4.69) is 24.3 Å². The highest BCUT2D eigenvalue weighted by Gasteiger charge is 2.18. The molecule has 1 aromatic heterocycles. The minimum absolute atomic E-state index is 0.126. The highest BCUT2D eigenvalue weighted by atomic mass is 35.5. The van der Waals surface area contributed by atoms with Gasteiger partial charge in [-0.3, -0.25) is 0 Å². The molecule has 1 heterocycles. The molecule has 0 aliphatic carbocycles. The van der Waals surface area contributed by atoms with E-state index in [1.54, 1.807) is 16.8 Å². The number of nitrogens with zero attached hydrogens (tertiary/aromatic N) is 2. The molecular weight excluding hydrogens is 289 g/mol. The van der Waals surface area contributed by atoms with Gasteiger partial charge in [-0.25, -0.2) is 9.07 Å². The molecule has 1 N–H and O–H groups in total. The number of aromatic nitrogens is 2. The summed E-state index contributed by atoms with van der Waals surface area (Å²) in [7, 11) is 0. The molecule has 2 aromatic rings. The van der Waals surface area contributed by atoms with Gasteiger partial charge in [0.1, 0.15) is 5.82 Å². The second kappa shape index (κ2) is 6.58. The summed E-state index contributed by atoms with van der Waals surface area (Å²) in [5.74, 6) is -0.0696. The predicted molar refractivity (Wildman–Crippen MR) is 85.0 cm³/mol. The van der Waals surface area contributed by atoms with E-state index in [4.69, 9.17) is 11.6 Å². The molecule has 1 aromatic carbocycles. The summed E-state index contributed by atoms with van der Waals surface area (Å²) in [6.45, 7) is 10.1. The minimum atomic E-state index is -0.427. The van der Waals surface area contributed by atoms with E-state index in [0.29, 0.717) is 11.6 Å². The van der Waals surface area contributed by atoms with Gasteiger partial charge in [-0.15, -0.1) is 0 Å². The first-order valence-corrected chi connectivity index (χ1v) is 7.55. The molecule has 5 heteroatoms. The Kier molecular flexibility index (Phi) is 5.01. The summed E-state index contributed by atoms with van der Waals surface area (Å²) in [5, 5.41) is 8.04. The zero-order valence-electron chi connectivity index (χ0n) is 12.9. The number of nitrogens with one attached hydrogen (secondary N) is 1. The maximum atomic E-state index is 13.6. The number of benzene rings is 1. The van der Waals surface area contributed by atoms with E-state index >= 15 is 0 Å². The maximum absolute atomic E-state index is 13.6. The Morgan fingerprint density at radius 2 is 2.10 bits per heavy atom. The zero-order chi connectivity index (χ0) is 15.6. The van der Waals surface area contributed by atoms with Gasteiger partial charge in [0.2, 0.25) is 0 Å². The number of likely N-dealkylation sites (N-methyl/N-ethyl adjacent to an activating group) is 1. The number of halogens is 2. The van der Waals surface area contributed by atoms with Crippen LogP contribution in [0.25, 0.3) is 5.69 Å². The molecule has 0 saturated carbocycles. The molecule has 0 bridgehead atoms. The molecule has 0 radical (unpaired) electrons. The number of hydrogen-bond donors (Lipinski definition) is 1. The minimum Gasteiger partial charge on any atom is -0.316 e. The van der Waals surface area contributed by atoms with Crippen LogP contribution in [0.2, 0.25) is 5.02 Å². The fourth-order valence-electron chi connectivity index (χ4n) is 2.70.